The summed E-state index contributed by atoms with van der Waals surface area (Å²) in [7, 11) is 0. The van der Waals surface area contributed by atoms with Crippen molar-refractivity contribution in [1.29, 1.82) is 0 Å². The second-order valence-corrected chi connectivity index (χ2v) is 6.24. The number of nitrogens with one attached hydrogen (secondary N) is 2. The van der Waals surface area contributed by atoms with Gasteiger partial charge in [0, 0.05) is 17.5 Å². The molecule has 5 nitrogen and oxygen atoms in total. The molecule has 3 N–H and O–H groups in total. The van der Waals surface area contributed by atoms with Gasteiger partial charge in [-0.2, -0.15) is 0 Å². The van der Waals surface area contributed by atoms with Gasteiger partial charge in [0.1, 0.15) is 0 Å². The summed E-state index contributed by atoms with van der Waals surface area (Å²) in [5.41, 5.74) is 0.323. The van der Waals surface area contributed by atoms with Gasteiger partial charge in [0.05, 0.1) is 16.8 Å². The van der Waals surface area contributed by atoms with E-state index in [4.69, 9.17) is 23.2 Å². The highest BCUT2D eigenvalue weighted by Crippen LogP contribution is 2.25. The first kappa shape index (κ1) is 17.1. The van der Waals surface area contributed by atoms with E-state index in [-0.39, 0.29) is 10.9 Å². The zero-order chi connectivity index (χ0) is 16.1. The number of aliphatic hydroxyl groups excluding tert-OH is 1. The van der Waals surface area contributed by atoms with Crippen LogP contribution >= 0.6 is 23.2 Å². The van der Waals surface area contributed by atoms with E-state index in [9.17, 15) is 14.7 Å². The Hall–Kier alpha value is -1.30. The lowest BCUT2D eigenvalue weighted by Crippen LogP contribution is -2.41. The van der Waals surface area contributed by atoms with Gasteiger partial charge in [-0.05, 0) is 31.0 Å². The minimum Gasteiger partial charge on any atom is -0.393 e. The number of anilines is 1. The smallest absolute Gasteiger partial charge is 0.313 e. The van der Waals surface area contributed by atoms with Crippen LogP contribution in [0.4, 0.5) is 5.69 Å². The van der Waals surface area contributed by atoms with Gasteiger partial charge >= 0.3 is 11.8 Å². The zero-order valence-corrected chi connectivity index (χ0v) is 13.5. The van der Waals surface area contributed by atoms with Crippen LogP contribution in [-0.2, 0) is 9.59 Å². The van der Waals surface area contributed by atoms with Gasteiger partial charge in [-0.1, -0.05) is 36.0 Å². The van der Waals surface area contributed by atoms with E-state index in [1.807, 2.05) is 0 Å². The van der Waals surface area contributed by atoms with Gasteiger partial charge in [-0.25, -0.2) is 0 Å². The third-order valence-electron chi connectivity index (χ3n) is 3.78. The van der Waals surface area contributed by atoms with E-state index in [2.05, 4.69) is 10.6 Å². The summed E-state index contributed by atoms with van der Waals surface area (Å²) in [5.74, 6) is -1.54. The van der Waals surface area contributed by atoms with Crippen LogP contribution in [0.25, 0.3) is 0 Å². The first-order chi connectivity index (χ1) is 10.5. The molecule has 2 amide bonds. The van der Waals surface area contributed by atoms with Crippen molar-refractivity contribution in [3.8, 4) is 0 Å². The molecule has 1 aromatic carbocycles. The molecule has 1 aliphatic rings. The fourth-order valence-electron chi connectivity index (χ4n) is 2.50. The molecule has 120 valence electrons. The van der Waals surface area contributed by atoms with Crippen molar-refractivity contribution in [3.05, 3.63) is 28.2 Å². The van der Waals surface area contributed by atoms with Crippen molar-refractivity contribution >= 4 is 40.7 Å². The van der Waals surface area contributed by atoms with Crippen LogP contribution in [0.2, 0.25) is 10.0 Å². The van der Waals surface area contributed by atoms with Crippen molar-refractivity contribution in [2.75, 3.05) is 11.9 Å². The molecule has 0 unspecified atom stereocenters. The Morgan fingerprint density at radius 3 is 2.59 bits per heavy atom. The van der Waals surface area contributed by atoms with Crippen molar-refractivity contribution in [3.63, 3.8) is 0 Å². The summed E-state index contributed by atoms with van der Waals surface area (Å²) < 4.78 is 0. The quantitative estimate of drug-likeness (QED) is 0.737. The van der Waals surface area contributed by atoms with Gasteiger partial charge in [-0.3, -0.25) is 9.59 Å². The molecular formula is C15H18Cl2N2O3. The van der Waals surface area contributed by atoms with Crippen molar-refractivity contribution < 1.29 is 14.7 Å². The third-order valence-corrected chi connectivity index (χ3v) is 4.33. The number of carbonyl (C=O) groups excluding carboxylic acids is 2. The molecule has 1 saturated carbocycles. The van der Waals surface area contributed by atoms with E-state index >= 15 is 0 Å². The molecule has 7 heteroatoms. The molecule has 0 spiro atoms. The topological polar surface area (TPSA) is 78.4 Å². The average Bonchev–Trinajstić information content (AvgIpc) is 2.49. The lowest BCUT2D eigenvalue weighted by molar-refractivity contribution is -0.136. The number of hydrogen-bond donors (Lipinski definition) is 3. The van der Waals surface area contributed by atoms with Crippen molar-refractivity contribution in [1.82, 2.24) is 5.32 Å². The highest BCUT2D eigenvalue weighted by atomic mass is 35.5. The molecular weight excluding hydrogens is 327 g/mol. The van der Waals surface area contributed by atoms with Crippen LogP contribution in [0.5, 0.6) is 0 Å². The Morgan fingerprint density at radius 1 is 1.18 bits per heavy atom. The van der Waals surface area contributed by atoms with E-state index < -0.39 is 17.9 Å². The summed E-state index contributed by atoms with van der Waals surface area (Å²) in [6.45, 7) is 0.293. The summed E-state index contributed by atoms with van der Waals surface area (Å²) in [4.78, 5) is 23.6. The van der Waals surface area contributed by atoms with E-state index in [0.29, 0.717) is 17.3 Å². The molecule has 0 heterocycles. The molecule has 1 fully saturated rings. The van der Waals surface area contributed by atoms with Crippen LogP contribution in [-0.4, -0.2) is 29.6 Å². The Morgan fingerprint density at radius 2 is 1.91 bits per heavy atom. The minimum absolute atomic E-state index is 0.00428. The van der Waals surface area contributed by atoms with Gasteiger partial charge in [0.15, 0.2) is 0 Å². The maximum Gasteiger partial charge on any atom is 0.313 e. The lowest BCUT2D eigenvalue weighted by Gasteiger charge is -2.27. The Labute approximate surface area is 139 Å². The van der Waals surface area contributed by atoms with Crippen LogP contribution < -0.4 is 10.6 Å². The van der Waals surface area contributed by atoms with Gasteiger partial charge in [-0.15, -0.1) is 0 Å². The van der Waals surface area contributed by atoms with Crippen molar-refractivity contribution in [2.24, 2.45) is 5.92 Å². The van der Waals surface area contributed by atoms with Crippen LogP contribution in [0.3, 0.4) is 0 Å². The summed E-state index contributed by atoms with van der Waals surface area (Å²) >= 11 is 11.7. The molecule has 2 rings (SSSR count). The fourth-order valence-corrected chi connectivity index (χ4v) is 2.96. The standard InChI is InChI=1S/C15H18Cl2N2O3/c16-10-5-6-12(11(17)7-10)19-15(22)14(21)18-8-9-3-1-2-4-13(9)20/h5-7,9,13,20H,1-4,8H2,(H,18,21)(H,19,22)/t9-,13-/m0/s1. The summed E-state index contributed by atoms with van der Waals surface area (Å²) in [6.07, 6.45) is 3.22. The Kier molecular flexibility index (Phi) is 6.06. The molecule has 0 radical (unpaired) electrons. The molecule has 1 aliphatic carbocycles. The molecule has 0 aromatic heterocycles. The number of rotatable bonds is 3. The highest BCUT2D eigenvalue weighted by Gasteiger charge is 2.24. The average molecular weight is 345 g/mol. The fraction of sp³-hybridized carbons (Fsp3) is 0.467. The van der Waals surface area contributed by atoms with Gasteiger partial charge < -0.3 is 15.7 Å². The third kappa shape index (κ3) is 4.60. The molecule has 2 atom stereocenters. The second kappa shape index (κ2) is 7.81. The van der Waals surface area contributed by atoms with E-state index in [1.165, 1.54) is 12.1 Å². The zero-order valence-electron chi connectivity index (χ0n) is 11.9. The largest absolute Gasteiger partial charge is 0.393 e. The predicted octanol–water partition coefficient (Wildman–Crippen LogP) is 2.60. The Balaban J connectivity index is 1.85. The van der Waals surface area contributed by atoms with Gasteiger partial charge in [0.2, 0.25) is 0 Å². The van der Waals surface area contributed by atoms with E-state index in [0.717, 1.165) is 25.7 Å². The monoisotopic (exact) mass is 344 g/mol. The number of benzene rings is 1. The SMILES string of the molecule is O=C(NC[C@@H]1CCCC[C@@H]1O)C(=O)Nc1ccc(Cl)cc1Cl. The van der Waals surface area contributed by atoms with Gasteiger partial charge in [0.25, 0.3) is 0 Å². The maximum atomic E-state index is 11.8. The molecule has 0 saturated heterocycles. The van der Waals surface area contributed by atoms with Crippen LogP contribution in [0.1, 0.15) is 25.7 Å². The number of hydrogen-bond acceptors (Lipinski definition) is 3. The first-order valence-corrected chi connectivity index (χ1v) is 7.95. The van der Waals surface area contributed by atoms with Crippen molar-refractivity contribution in [2.45, 2.75) is 31.8 Å². The molecule has 1 aromatic rings. The number of amides is 2. The summed E-state index contributed by atoms with van der Waals surface area (Å²) in [6, 6.07) is 4.58. The predicted molar refractivity (Wildman–Crippen MR) is 86.1 cm³/mol. The lowest BCUT2D eigenvalue weighted by atomic mass is 9.86. The molecule has 0 bridgehead atoms. The molecule has 0 aliphatic heterocycles. The number of aliphatic hydroxyl groups is 1. The number of carbonyl (C=O) groups is 2. The van der Waals surface area contributed by atoms with Crippen LogP contribution in [0, 0.1) is 5.92 Å². The second-order valence-electron chi connectivity index (χ2n) is 5.40. The highest BCUT2D eigenvalue weighted by molar-refractivity contribution is 6.42. The summed E-state index contributed by atoms with van der Waals surface area (Å²) in [5, 5.41) is 15.5. The van der Waals surface area contributed by atoms with Crippen LogP contribution in [0.15, 0.2) is 18.2 Å². The maximum absolute atomic E-state index is 11.8. The Bertz CT molecular complexity index is 566. The number of halogens is 2. The normalized spacial score (nSPS) is 21.2. The first-order valence-electron chi connectivity index (χ1n) is 7.19. The molecule has 22 heavy (non-hydrogen) atoms. The van der Waals surface area contributed by atoms with E-state index in [1.54, 1.807) is 6.07 Å². The minimum atomic E-state index is -0.797.